The summed E-state index contributed by atoms with van der Waals surface area (Å²) in [5.41, 5.74) is 0. The van der Waals surface area contributed by atoms with Crippen molar-refractivity contribution in [2.24, 2.45) is 0 Å². The van der Waals surface area contributed by atoms with Crippen LogP contribution in [0.4, 0.5) is 0 Å². The van der Waals surface area contributed by atoms with Crippen molar-refractivity contribution in [1.82, 2.24) is 0 Å². The SMILES string of the molecule is O=C(/C=C\C(=O)OO)OO.O=C([O-])/C=C\C(=O)[O-].[Al+3].[Al+3].[Al+3]. The molecule has 10 nitrogen and oxygen atoms in total. The Morgan fingerprint density at radius 3 is 1.05 bits per heavy atom. The predicted octanol–water partition coefficient (Wildman–Crippen LogP) is -4.52. The Labute approximate surface area is 149 Å². The summed E-state index contributed by atoms with van der Waals surface area (Å²) >= 11 is 0. The van der Waals surface area contributed by atoms with Crippen molar-refractivity contribution in [3.05, 3.63) is 24.3 Å². The molecule has 0 fully saturated rings. The summed E-state index contributed by atoms with van der Waals surface area (Å²) in [6, 6.07) is 0. The van der Waals surface area contributed by atoms with Gasteiger partial charge in [0.25, 0.3) is 0 Å². The van der Waals surface area contributed by atoms with Gasteiger partial charge >= 0.3 is 64.0 Å². The standard InChI is InChI=1S/C4H4O6.C4H4O4.3Al/c5-3(9-7)1-2-4(6)10-8;5-3(6)1-2-4(7)8;;;/h1-2,7-8H;1-2H,(H,5,6)(H,7,8);;;/q;;3*+3/p-2/b2*2-1-;;;. The molecule has 21 heavy (non-hydrogen) atoms. The number of carboxylic acids is 2. The minimum Gasteiger partial charge on any atom is -0.545 e. The molecule has 0 aromatic heterocycles. The van der Waals surface area contributed by atoms with Gasteiger partial charge in [0.1, 0.15) is 0 Å². The molecule has 0 aliphatic carbocycles. The zero-order valence-electron chi connectivity index (χ0n) is 10.2. The molecule has 0 heterocycles. The average molecular weight is 343 g/mol. The maximum Gasteiger partial charge on any atom is 3.00 e. The van der Waals surface area contributed by atoms with Gasteiger partial charge in [-0.1, -0.05) is 0 Å². The zero-order valence-corrected chi connectivity index (χ0v) is 13.7. The molecule has 0 bridgehead atoms. The Morgan fingerprint density at radius 1 is 0.667 bits per heavy atom. The van der Waals surface area contributed by atoms with E-state index in [0.717, 1.165) is 0 Å². The number of hydrogen-bond acceptors (Lipinski definition) is 10. The summed E-state index contributed by atoms with van der Waals surface area (Å²) in [4.78, 5) is 45.1. The number of aliphatic carboxylic acids is 2. The topological polar surface area (TPSA) is 173 Å². The van der Waals surface area contributed by atoms with E-state index in [1.807, 2.05) is 0 Å². The summed E-state index contributed by atoms with van der Waals surface area (Å²) in [6.45, 7) is 0. The molecular weight excluding hydrogens is 337 g/mol. The first-order valence-electron chi connectivity index (χ1n) is 3.82. The second-order valence-corrected chi connectivity index (χ2v) is 2.13. The molecule has 0 aromatic rings. The minimum absolute atomic E-state index is 0. The van der Waals surface area contributed by atoms with Gasteiger partial charge < -0.3 is 19.8 Å². The van der Waals surface area contributed by atoms with Crippen LogP contribution in [0.1, 0.15) is 0 Å². The van der Waals surface area contributed by atoms with E-state index >= 15 is 0 Å². The number of carbonyl (C=O) groups excluding carboxylic acids is 4. The molecular formula is C8H6Al3O10+7. The summed E-state index contributed by atoms with van der Waals surface area (Å²) in [6.07, 6.45) is 1.93. The average Bonchev–Trinajstić information content (AvgIpc) is 2.33. The number of rotatable bonds is 4. The molecule has 0 spiro atoms. The second-order valence-electron chi connectivity index (χ2n) is 2.13. The molecule has 100 valence electrons. The minimum atomic E-state index is -1.55. The molecule has 0 radical (unpaired) electrons. The van der Waals surface area contributed by atoms with Gasteiger partial charge in [0.2, 0.25) is 0 Å². The van der Waals surface area contributed by atoms with Gasteiger partial charge in [-0.05, 0) is 12.2 Å². The first kappa shape index (κ1) is 32.0. The van der Waals surface area contributed by atoms with Gasteiger partial charge in [-0.15, -0.1) is 0 Å². The van der Waals surface area contributed by atoms with Gasteiger partial charge in [0, 0.05) is 12.2 Å². The van der Waals surface area contributed by atoms with Crippen LogP contribution in [0.5, 0.6) is 0 Å². The van der Waals surface area contributed by atoms with Crippen LogP contribution in [-0.4, -0.2) is 86.5 Å². The van der Waals surface area contributed by atoms with E-state index in [1.54, 1.807) is 0 Å². The maximum absolute atomic E-state index is 9.98. The van der Waals surface area contributed by atoms with Gasteiger partial charge in [-0.3, -0.25) is 9.78 Å². The van der Waals surface area contributed by atoms with Crippen molar-refractivity contribution >= 4 is 76.0 Å². The van der Waals surface area contributed by atoms with Crippen LogP contribution in [-0.2, 0) is 29.0 Å². The van der Waals surface area contributed by atoms with E-state index in [1.165, 1.54) is 0 Å². The quantitative estimate of drug-likeness (QED) is 0.219. The smallest absolute Gasteiger partial charge is 0.545 e. The first-order valence-corrected chi connectivity index (χ1v) is 3.82. The molecule has 0 amide bonds. The van der Waals surface area contributed by atoms with Crippen molar-refractivity contribution in [1.29, 1.82) is 0 Å². The van der Waals surface area contributed by atoms with Gasteiger partial charge in [0.15, 0.2) is 0 Å². The second kappa shape index (κ2) is 21.2. The summed E-state index contributed by atoms with van der Waals surface area (Å²) in [5.74, 6) is -5.36. The number of carbonyl (C=O) groups is 4. The molecule has 2 N–H and O–H groups in total. The third-order valence-corrected chi connectivity index (χ3v) is 0.891. The van der Waals surface area contributed by atoms with E-state index in [0.29, 0.717) is 24.3 Å². The molecule has 0 saturated heterocycles. The Hall–Kier alpha value is -1.12. The van der Waals surface area contributed by atoms with Crippen molar-refractivity contribution in [3.63, 3.8) is 0 Å². The normalized spacial score (nSPS) is 8.10. The van der Waals surface area contributed by atoms with E-state index in [4.69, 9.17) is 10.5 Å². The monoisotopic (exact) mass is 343 g/mol. The molecule has 0 aliphatic rings. The van der Waals surface area contributed by atoms with Crippen LogP contribution in [0, 0.1) is 0 Å². The summed E-state index contributed by atoms with van der Waals surface area (Å²) in [7, 11) is 0. The Morgan fingerprint density at radius 2 is 0.905 bits per heavy atom. The van der Waals surface area contributed by atoms with Crippen molar-refractivity contribution in [3.8, 4) is 0 Å². The first-order chi connectivity index (χ1) is 8.33. The van der Waals surface area contributed by atoms with Crippen LogP contribution >= 0.6 is 0 Å². The maximum atomic E-state index is 9.98. The summed E-state index contributed by atoms with van der Waals surface area (Å²) in [5, 5.41) is 34.0. The van der Waals surface area contributed by atoms with Crippen LogP contribution in [0.15, 0.2) is 24.3 Å². The molecule has 0 saturated carbocycles. The third kappa shape index (κ3) is 32.4. The van der Waals surface area contributed by atoms with Crippen LogP contribution in [0.25, 0.3) is 0 Å². The van der Waals surface area contributed by atoms with E-state index < -0.39 is 23.9 Å². The molecule has 13 heteroatoms. The largest absolute Gasteiger partial charge is 3.00 e. The Kier molecular flexibility index (Phi) is 32.3. The van der Waals surface area contributed by atoms with E-state index in [-0.39, 0.29) is 52.1 Å². The van der Waals surface area contributed by atoms with Crippen LogP contribution in [0.2, 0.25) is 0 Å². The number of carboxylic acid groups (broad SMARTS) is 2. The van der Waals surface area contributed by atoms with E-state index in [9.17, 15) is 29.4 Å². The van der Waals surface area contributed by atoms with E-state index in [2.05, 4.69) is 9.78 Å². The fraction of sp³-hybridized carbons (Fsp3) is 0. The van der Waals surface area contributed by atoms with Crippen molar-refractivity contribution in [2.45, 2.75) is 0 Å². The van der Waals surface area contributed by atoms with Crippen LogP contribution < -0.4 is 10.2 Å². The summed E-state index contributed by atoms with van der Waals surface area (Å²) < 4.78 is 0. The fourth-order valence-electron chi connectivity index (χ4n) is 0.333. The van der Waals surface area contributed by atoms with Gasteiger partial charge in [-0.2, -0.15) is 10.5 Å². The fourth-order valence-corrected chi connectivity index (χ4v) is 0.333. The molecule has 0 rings (SSSR count). The molecule has 0 atom stereocenters. The zero-order chi connectivity index (χ0) is 14.6. The van der Waals surface area contributed by atoms with Crippen molar-refractivity contribution in [2.75, 3.05) is 0 Å². The Balaban J connectivity index is -0.0000000724. The van der Waals surface area contributed by atoms with Gasteiger partial charge in [0.05, 0.1) is 11.9 Å². The number of hydrogen-bond donors (Lipinski definition) is 2. The molecule has 0 aromatic carbocycles. The Bertz CT molecular complexity index is 344. The van der Waals surface area contributed by atoms with Gasteiger partial charge in [-0.25, -0.2) is 9.59 Å². The molecule has 0 unspecified atom stereocenters. The van der Waals surface area contributed by atoms with Crippen LogP contribution in [0.3, 0.4) is 0 Å². The third-order valence-electron chi connectivity index (χ3n) is 0.891. The molecule has 0 aliphatic heterocycles. The predicted molar refractivity (Wildman–Crippen MR) is 63.0 cm³/mol. The van der Waals surface area contributed by atoms with Crippen molar-refractivity contribution < 1.29 is 49.7 Å².